The zero-order valence-electron chi connectivity index (χ0n) is 20.7. The molecule has 10 heteroatoms. The zero-order chi connectivity index (χ0) is 26.8. The van der Waals surface area contributed by atoms with Crippen LogP contribution < -0.4 is 4.90 Å². The van der Waals surface area contributed by atoms with Gasteiger partial charge in [-0.25, -0.2) is 9.78 Å². The minimum Gasteiger partial charge on any atom is -0.477 e. The minimum absolute atomic E-state index is 0.0642. The van der Waals surface area contributed by atoms with Crippen LogP contribution in [0.3, 0.4) is 0 Å². The summed E-state index contributed by atoms with van der Waals surface area (Å²) in [6, 6.07) is 7.26. The number of hydrogen-bond acceptors (Lipinski definition) is 7. The van der Waals surface area contributed by atoms with Crippen molar-refractivity contribution in [2.24, 2.45) is 17.8 Å². The fourth-order valence-corrected chi connectivity index (χ4v) is 6.47. The smallest absolute Gasteiger partial charge is 0.354 e. The van der Waals surface area contributed by atoms with E-state index >= 15 is 0 Å². The largest absolute Gasteiger partial charge is 0.477 e. The number of aliphatic hydroxyl groups is 1. The lowest BCUT2D eigenvalue weighted by Crippen LogP contribution is -2.23. The number of carboxylic acids is 1. The van der Waals surface area contributed by atoms with Crippen LogP contribution in [-0.4, -0.2) is 44.4 Å². The molecule has 3 aliphatic rings. The van der Waals surface area contributed by atoms with Crippen LogP contribution in [0.2, 0.25) is 10.0 Å². The Morgan fingerprint density at radius 3 is 2.54 bits per heavy atom. The topological polar surface area (TPSA) is 113 Å². The van der Waals surface area contributed by atoms with Gasteiger partial charge in [-0.05, 0) is 60.4 Å². The number of anilines is 1. The Morgan fingerprint density at radius 1 is 1.13 bits per heavy atom. The number of hydrogen-bond donors (Lipinski definition) is 2. The fraction of sp³-hybridized carbons (Fsp3) is 0.310. The van der Waals surface area contributed by atoms with E-state index in [0.717, 1.165) is 48.3 Å². The molecular formula is C29H24Cl2N4O4. The fourth-order valence-electron chi connectivity index (χ4n) is 5.93. The molecule has 4 aromatic rings. The van der Waals surface area contributed by atoms with E-state index in [1.165, 1.54) is 6.07 Å². The number of nitrogens with zero attached hydrogens (tertiary/aromatic N) is 4. The lowest BCUT2D eigenvalue weighted by molar-refractivity contribution is 0.0690. The van der Waals surface area contributed by atoms with Gasteiger partial charge in [0, 0.05) is 53.6 Å². The second kappa shape index (κ2) is 9.33. The quantitative estimate of drug-likeness (QED) is 0.279. The summed E-state index contributed by atoms with van der Waals surface area (Å²) in [5.41, 5.74) is 4.38. The van der Waals surface area contributed by atoms with Gasteiger partial charge in [-0.15, -0.1) is 0 Å². The monoisotopic (exact) mass is 562 g/mol. The van der Waals surface area contributed by atoms with E-state index in [0.29, 0.717) is 56.1 Å². The molecule has 1 aliphatic heterocycles. The highest BCUT2D eigenvalue weighted by Gasteiger charge is 2.54. The summed E-state index contributed by atoms with van der Waals surface area (Å²) >= 11 is 12.9. The number of fused-ring (bicyclic) bond motifs is 2. The Labute approximate surface area is 233 Å². The summed E-state index contributed by atoms with van der Waals surface area (Å²) in [6.45, 7) is 1.60. The molecule has 2 atom stereocenters. The molecule has 0 bridgehead atoms. The van der Waals surface area contributed by atoms with Crippen molar-refractivity contribution in [3.8, 4) is 11.3 Å². The lowest BCUT2D eigenvalue weighted by atomic mass is 10.0. The zero-order valence-corrected chi connectivity index (χ0v) is 22.2. The van der Waals surface area contributed by atoms with Gasteiger partial charge in [-0.1, -0.05) is 40.5 Å². The van der Waals surface area contributed by atoms with Gasteiger partial charge in [-0.3, -0.25) is 4.98 Å². The molecule has 8 nitrogen and oxygen atoms in total. The molecule has 4 heterocycles. The normalized spacial score (nSPS) is 22.1. The summed E-state index contributed by atoms with van der Waals surface area (Å²) in [6.07, 6.45) is 9.73. The molecule has 0 spiro atoms. The first-order chi connectivity index (χ1) is 18.9. The van der Waals surface area contributed by atoms with Crippen LogP contribution in [0, 0.1) is 17.8 Å². The van der Waals surface area contributed by atoms with Crippen LogP contribution in [0.1, 0.15) is 46.1 Å². The van der Waals surface area contributed by atoms with Gasteiger partial charge in [0.15, 0.2) is 0 Å². The van der Waals surface area contributed by atoms with E-state index in [4.69, 9.17) is 27.7 Å². The molecule has 1 saturated heterocycles. The number of halogens is 2. The highest BCUT2D eigenvalue weighted by atomic mass is 35.5. The van der Waals surface area contributed by atoms with Crippen molar-refractivity contribution in [2.75, 3.05) is 18.0 Å². The van der Waals surface area contributed by atoms with E-state index in [2.05, 4.69) is 32.2 Å². The van der Waals surface area contributed by atoms with Crippen molar-refractivity contribution in [2.45, 2.75) is 25.4 Å². The van der Waals surface area contributed by atoms with Crippen LogP contribution in [0.4, 0.5) is 5.69 Å². The summed E-state index contributed by atoms with van der Waals surface area (Å²) in [7, 11) is 0. The van der Waals surface area contributed by atoms with Crippen LogP contribution in [0.5, 0.6) is 0 Å². The van der Waals surface area contributed by atoms with Crippen molar-refractivity contribution >= 4 is 51.8 Å². The molecular weight excluding hydrogens is 539 g/mol. The van der Waals surface area contributed by atoms with E-state index in [1.54, 1.807) is 12.4 Å². The number of carboxylic acid groups (broad SMARTS) is 1. The van der Waals surface area contributed by atoms with E-state index in [-0.39, 0.29) is 12.3 Å². The molecule has 2 unspecified atom stereocenters. The molecule has 2 aliphatic carbocycles. The number of pyridine rings is 2. The number of benzene rings is 1. The first-order valence-electron chi connectivity index (χ1n) is 12.9. The molecule has 2 N–H and O–H groups in total. The van der Waals surface area contributed by atoms with Crippen molar-refractivity contribution in [1.29, 1.82) is 0 Å². The standard InChI is InChI=1S/C29H24Cl2N4O4/c30-22-9-32-10-23(31)26(22)27-18(28(39-34-27)14-1-2-14)5-4-17-20-11-35(12-21(17)20)16-3-6-24-19(8-16)15(13-36)7-25(33-24)29(37)38/h3-10,14,17,20-21,36H,1-2,11-13H2,(H,37,38)/b5-4+. The maximum absolute atomic E-state index is 11.4. The van der Waals surface area contributed by atoms with Crippen molar-refractivity contribution in [3.63, 3.8) is 0 Å². The molecule has 39 heavy (non-hydrogen) atoms. The van der Waals surface area contributed by atoms with Gasteiger partial charge in [0.2, 0.25) is 0 Å². The summed E-state index contributed by atoms with van der Waals surface area (Å²) in [5.74, 6) is 1.73. The second-order valence-corrected chi connectivity index (χ2v) is 11.4. The predicted molar refractivity (Wildman–Crippen MR) is 148 cm³/mol. The van der Waals surface area contributed by atoms with Gasteiger partial charge in [0.1, 0.15) is 17.1 Å². The Morgan fingerprint density at radius 2 is 1.87 bits per heavy atom. The first kappa shape index (κ1) is 24.6. The lowest BCUT2D eigenvalue weighted by Gasteiger charge is -2.22. The number of aliphatic hydroxyl groups excluding tert-OH is 1. The minimum atomic E-state index is -1.11. The molecule has 198 valence electrons. The Balaban J connectivity index is 1.11. The molecule has 0 radical (unpaired) electrons. The molecule has 0 amide bonds. The highest BCUT2D eigenvalue weighted by molar-refractivity contribution is 6.39. The van der Waals surface area contributed by atoms with E-state index in [1.807, 2.05) is 18.2 Å². The van der Waals surface area contributed by atoms with Crippen LogP contribution in [-0.2, 0) is 6.61 Å². The second-order valence-electron chi connectivity index (χ2n) is 10.6. The third-order valence-electron chi connectivity index (χ3n) is 8.17. The Bertz CT molecular complexity index is 1630. The Kier molecular flexibility index (Phi) is 5.88. The number of carbonyl (C=O) groups is 1. The van der Waals surface area contributed by atoms with Gasteiger partial charge >= 0.3 is 5.97 Å². The number of aromatic carboxylic acids is 1. The highest BCUT2D eigenvalue weighted by Crippen LogP contribution is 2.54. The molecule has 3 aromatic heterocycles. The maximum Gasteiger partial charge on any atom is 0.354 e. The van der Waals surface area contributed by atoms with Crippen LogP contribution in [0.15, 0.2) is 47.3 Å². The maximum atomic E-state index is 11.4. The number of allylic oxidation sites excluding steroid dienone is 1. The average Bonchev–Trinajstić information content (AvgIpc) is 3.79. The first-order valence-corrected chi connectivity index (χ1v) is 13.7. The number of piperidine rings is 1. The van der Waals surface area contributed by atoms with Gasteiger partial charge in [0.05, 0.1) is 22.2 Å². The van der Waals surface area contributed by atoms with Gasteiger partial charge in [-0.2, -0.15) is 0 Å². The van der Waals surface area contributed by atoms with Gasteiger partial charge in [0.25, 0.3) is 0 Å². The molecule has 2 saturated carbocycles. The van der Waals surface area contributed by atoms with Crippen molar-refractivity contribution < 1.29 is 19.5 Å². The van der Waals surface area contributed by atoms with E-state index in [9.17, 15) is 15.0 Å². The molecule has 1 aromatic carbocycles. The van der Waals surface area contributed by atoms with Gasteiger partial charge < -0.3 is 19.6 Å². The number of rotatable bonds is 7. The molecule has 3 fully saturated rings. The number of aromatic nitrogens is 3. The Hall–Kier alpha value is -3.46. The van der Waals surface area contributed by atoms with Crippen LogP contribution in [0.25, 0.3) is 28.2 Å². The average molecular weight is 563 g/mol. The summed E-state index contributed by atoms with van der Waals surface area (Å²) < 4.78 is 5.78. The third-order valence-corrected chi connectivity index (χ3v) is 8.75. The SMILES string of the molecule is O=C(O)c1cc(CO)c2cc(N3CC4C(/C=C/c5c(-c6c(Cl)cncc6Cl)noc5C5CC5)C4C3)ccc2n1. The van der Waals surface area contributed by atoms with Crippen LogP contribution >= 0.6 is 23.2 Å². The summed E-state index contributed by atoms with van der Waals surface area (Å²) in [4.78, 5) is 22.0. The predicted octanol–water partition coefficient (Wildman–Crippen LogP) is 6.06. The van der Waals surface area contributed by atoms with Crippen molar-refractivity contribution in [3.05, 3.63) is 75.4 Å². The molecule has 7 rings (SSSR count). The summed E-state index contributed by atoms with van der Waals surface area (Å²) in [5, 5.41) is 25.2. The third kappa shape index (κ3) is 4.27. The van der Waals surface area contributed by atoms with Crippen molar-refractivity contribution in [1.82, 2.24) is 15.1 Å². The van der Waals surface area contributed by atoms with E-state index < -0.39 is 5.97 Å².